The van der Waals surface area contributed by atoms with Crippen LogP contribution < -0.4 is 0 Å². The fourth-order valence-electron chi connectivity index (χ4n) is 1.45. The summed E-state index contributed by atoms with van der Waals surface area (Å²) in [7, 11) is 0. The van der Waals surface area contributed by atoms with Crippen LogP contribution in [0.3, 0.4) is 0 Å². The highest BCUT2D eigenvalue weighted by Crippen LogP contribution is 2.36. The maximum absolute atomic E-state index is 6.12. The topological polar surface area (TPSA) is 0 Å². The van der Waals surface area contributed by atoms with E-state index >= 15 is 0 Å². The predicted molar refractivity (Wildman–Crippen MR) is 72.3 cm³/mol. The van der Waals surface area contributed by atoms with E-state index in [1.807, 2.05) is 6.07 Å². The Morgan fingerprint density at radius 2 is 1.87 bits per heavy atom. The highest BCUT2D eigenvalue weighted by Gasteiger charge is 2.14. The molecule has 15 heavy (non-hydrogen) atoms. The summed E-state index contributed by atoms with van der Waals surface area (Å²) >= 11 is 21.5. The summed E-state index contributed by atoms with van der Waals surface area (Å²) in [6, 6.07) is 1.83. The molecule has 0 atom stereocenters. The van der Waals surface area contributed by atoms with Gasteiger partial charge < -0.3 is 0 Å². The Bertz CT molecular complexity index is 361. The van der Waals surface area contributed by atoms with Crippen LogP contribution in [0.4, 0.5) is 0 Å². The summed E-state index contributed by atoms with van der Waals surface area (Å²) in [6.45, 7) is 4.32. The van der Waals surface area contributed by atoms with Gasteiger partial charge in [0, 0.05) is 10.4 Å². The van der Waals surface area contributed by atoms with Crippen LogP contribution in [-0.4, -0.2) is 0 Å². The van der Waals surface area contributed by atoms with Crippen molar-refractivity contribution in [2.75, 3.05) is 0 Å². The zero-order valence-corrected chi connectivity index (χ0v) is 12.4. The second kappa shape index (κ2) is 5.77. The minimum Gasteiger partial charge on any atom is -0.121 e. The molecule has 0 heterocycles. The first-order valence-electron chi connectivity index (χ1n) is 4.68. The van der Waals surface area contributed by atoms with Crippen molar-refractivity contribution >= 4 is 50.7 Å². The Morgan fingerprint density at radius 1 is 1.27 bits per heavy atom. The fraction of sp³-hybridized carbons (Fsp3) is 0.455. The molecule has 1 aromatic rings. The fourth-order valence-corrected chi connectivity index (χ4v) is 3.03. The van der Waals surface area contributed by atoms with E-state index in [2.05, 4.69) is 29.8 Å². The summed E-state index contributed by atoms with van der Waals surface area (Å²) in [6.07, 6.45) is 0.944. The van der Waals surface area contributed by atoms with Crippen molar-refractivity contribution in [1.29, 1.82) is 0 Å². The largest absolute Gasteiger partial charge is 0.121 e. The molecule has 84 valence electrons. The van der Waals surface area contributed by atoms with Gasteiger partial charge in [-0.25, -0.2) is 0 Å². The SMILES string of the molecule is CC(C)Cc1c(Br)cc(Cl)c(Cl)c1CCl. The van der Waals surface area contributed by atoms with Gasteiger partial charge in [-0.05, 0) is 29.5 Å². The van der Waals surface area contributed by atoms with Crippen LogP contribution in [0.15, 0.2) is 10.5 Å². The molecule has 0 saturated carbocycles. The van der Waals surface area contributed by atoms with Crippen molar-refractivity contribution < 1.29 is 0 Å². The van der Waals surface area contributed by atoms with E-state index in [0.29, 0.717) is 21.8 Å². The number of benzene rings is 1. The van der Waals surface area contributed by atoms with Crippen molar-refractivity contribution in [3.8, 4) is 0 Å². The van der Waals surface area contributed by atoms with E-state index in [-0.39, 0.29) is 0 Å². The molecule has 0 unspecified atom stereocenters. The Morgan fingerprint density at radius 3 is 2.33 bits per heavy atom. The summed E-state index contributed by atoms with van der Waals surface area (Å²) < 4.78 is 0.987. The molecule has 0 aliphatic rings. The molecule has 0 radical (unpaired) electrons. The minimum absolute atomic E-state index is 0.389. The third-order valence-corrected chi connectivity index (χ3v) is 3.93. The third-order valence-electron chi connectivity index (χ3n) is 2.13. The van der Waals surface area contributed by atoms with E-state index in [4.69, 9.17) is 34.8 Å². The molecule has 1 aromatic carbocycles. The van der Waals surface area contributed by atoms with Crippen LogP contribution >= 0.6 is 50.7 Å². The van der Waals surface area contributed by atoms with Crippen molar-refractivity contribution in [1.82, 2.24) is 0 Å². The van der Waals surface area contributed by atoms with Crippen LogP contribution in [0, 0.1) is 5.92 Å². The Balaban J connectivity index is 3.29. The average molecular weight is 330 g/mol. The maximum Gasteiger partial charge on any atom is 0.0639 e. The monoisotopic (exact) mass is 328 g/mol. The second-order valence-corrected chi connectivity index (χ2v) is 5.75. The molecule has 0 saturated heterocycles. The normalized spacial score (nSPS) is 11.1. The van der Waals surface area contributed by atoms with Gasteiger partial charge in [-0.15, -0.1) is 11.6 Å². The van der Waals surface area contributed by atoms with Gasteiger partial charge in [-0.1, -0.05) is 53.0 Å². The summed E-state index contributed by atoms with van der Waals surface area (Å²) in [4.78, 5) is 0. The van der Waals surface area contributed by atoms with E-state index in [1.165, 1.54) is 0 Å². The number of halogens is 4. The quantitative estimate of drug-likeness (QED) is 0.493. The van der Waals surface area contributed by atoms with Crippen LogP contribution in [0.5, 0.6) is 0 Å². The standard InChI is InChI=1S/C11H12BrCl3/c1-6(2)3-7-8(5-13)11(15)10(14)4-9(7)12/h4,6H,3,5H2,1-2H3. The molecule has 0 amide bonds. The first-order chi connectivity index (χ1) is 6.97. The predicted octanol–water partition coefficient (Wildman–Crippen LogP) is 5.69. The molecule has 0 N–H and O–H groups in total. The van der Waals surface area contributed by atoms with Gasteiger partial charge in [-0.2, -0.15) is 0 Å². The zero-order valence-electron chi connectivity index (χ0n) is 8.58. The molecule has 0 nitrogen and oxygen atoms in total. The van der Waals surface area contributed by atoms with Gasteiger partial charge >= 0.3 is 0 Å². The highest BCUT2D eigenvalue weighted by molar-refractivity contribution is 9.10. The lowest BCUT2D eigenvalue weighted by Gasteiger charge is -2.14. The van der Waals surface area contributed by atoms with Crippen molar-refractivity contribution in [3.05, 3.63) is 31.7 Å². The number of hydrogen-bond donors (Lipinski definition) is 0. The van der Waals surface area contributed by atoms with Gasteiger partial charge in [0.05, 0.1) is 10.0 Å². The summed E-state index contributed by atoms with van der Waals surface area (Å²) in [5.74, 6) is 0.945. The van der Waals surface area contributed by atoms with Gasteiger partial charge in [0.2, 0.25) is 0 Å². The van der Waals surface area contributed by atoms with Gasteiger partial charge in [0.15, 0.2) is 0 Å². The molecule has 0 aromatic heterocycles. The lowest BCUT2D eigenvalue weighted by molar-refractivity contribution is 0.643. The van der Waals surface area contributed by atoms with E-state index in [0.717, 1.165) is 22.0 Å². The Labute approximate surface area is 114 Å². The Kier molecular flexibility index (Phi) is 5.24. The van der Waals surface area contributed by atoms with E-state index in [1.54, 1.807) is 0 Å². The van der Waals surface area contributed by atoms with Crippen molar-refractivity contribution in [3.63, 3.8) is 0 Å². The van der Waals surface area contributed by atoms with E-state index < -0.39 is 0 Å². The van der Waals surface area contributed by atoms with E-state index in [9.17, 15) is 0 Å². The molecule has 0 aliphatic carbocycles. The molecule has 1 rings (SSSR count). The van der Waals surface area contributed by atoms with Gasteiger partial charge in [-0.3, -0.25) is 0 Å². The maximum atomic E-state index is 6.12. The molecule has 0 spiro atoms. The molecule has 0 aliphatic heterocycles. The van der Waals surface area contributed by atoms with Crippen molar-refractivity contribution in [2.45, 2.75) is 26.1 Å². The molecule has 0 fully saturated rings. The first-order valence-corrected chi connectivity index (χ1v) is 6.77. The third kappa shape index (κ3) is 3.26. The highest BCUT2D eigenvalue weighted by atomic mass is 79.9. The number of alkyl halides is 1. The first kappa shape index (κ1) is 13.6. The Hall–Kier alpha value is 0.570. The molecular weight excluding hydrogens is 318 g/mol. The lowest BCUT2D eigenvalue weighted by Crippen LogP contribution is -2.01. The number of rotatable bonds is 3. The lowest BCUT2D eigenvalue weighted by atomic mass is 9.99. The van der Waals surface area contributed by atoms with Crippen LogP contribution in [-0.2, 0) is 12.3 Å². The summed E-state index contributed by atoms with van der Waals surface area (Å²) in [5.41, 5.74) is 2.10. The summed E-state index contributed by atoms with van der Waals surface area (Å²) in [5, 5.41) is 1.12. The zero-order chi connectivity index (χ0) is 11.6. The average Bonchev–Trinajstić information content (AvgIpc) is 2.14. The van der Waals surface area contributed by atoms with Crippen LogP contribution in [0.25, 0.3) is 0 Å². The van der Waals surface area contributed by atoms with Crippen molar-refractivity contribution in [2.24, 2.45) is 5.92 Å². The smallest absolute Gasteiger partial charge is 0.0639 e. The second-order valence-electron chi connectivity index (χ2n) is 3.84. The molecule has 0 bridgehead atoms. The van der Waals surface area contributed by atoms with Gasteiger partial charge in [0.25, 0.3) is 0 Å². The minimum atomic E-state index is 0.389. The van der Waals surface area contributed by atoms with Crippen LogP contribution in [0.2, 0.25) is 10.0 Å². The number of hydrogen-bond acceptors (Lipinski definition) is 0. The van der Waals surface area contributed by atoms with Crippen LogP contribution in [0.1, 0.15) is 25.0 Å². The van der Waals surface area contributed by atoms with Gasteiger partial charge in [0.1, 0.15) is 0 Å². The molecular formula is C11H12BrCl3. The molecule has 4 heteroatoms.